The molecule has 0 aliphatic carbocycles. The van der Waals surface area contributed by atoms with Crippen LogP contribution in [0, 0.1) is 0 Å². The van der Waals surface area contributed by atoms with Gasteiger partial charge in [0.1, 0.15) is 0 Å². The van der Waals surface area contributed by atoms with Crippen molar-refractivity contribution >= 4 is 31.6 Å². The van der Waals surface area contributed by atoms with Crippen molar-refractivity contribution in [2.45, 2.75) is 19.1 Å². The molecule has 0 aromatic heterocycles. The summed E-state index contributed by atoms with van der Waals surface area (Å²) in [5, 5.41) is 9.02. The van der Waals surface area contributed by atoms with E-state index in [9.17, 15) is 13.5 Å². The quantitative estimate of drug-likeness (QED) is 0.841. The van der Waals surface area contributed by atoms with E-state index in [0.29, 0.717) is 4.47 Å². The molecule has 2 N–H and O–H groups in total. The molecule has 0 aliphatic rings. The molecule has 1 aromatic carbocycles. The van der Waals surface area contributed by atoms with Crippen molar-refractivity contribution in [2.24, 2.45) is 0 Å². The summed E-state index contributed by atoms with van der Waals surface area (Å²) in [4.78, 5) is 0. The molecule has 0 amide bonds. The van der Waals surface area contributed by atoms with Crippen LogP contribution in [0.3, 0.4) is 0 Å². The number of phenolic OH excluding ortho intramolecular Hbond substituents is 1. The normalized spacial score (nSPS) is 11.7. The van der Waals surface area contributed by atoms with Crippen LogP contribution >= 0.6 is 15.9 Å². The Hall–Kier alpha value is -0.750. The van der Waals surface area contributed by atoms with Gasteiger partial charge in [-0.15, -0.1) is 0 Å². The standard InChI is InChI=1S/C9H12BrNO3S/c1-6(2)15(13,14)11-8-5-3-4-7(10)9(8)12/h3-6,11-12H,1-2H3. The zero-order valence-corrected chi connectivity index (χ0v) is 10.8. The third-order valence-electron chi connectivity index (χ3n) is 1.86. The summed E-state index contributed by atoms with van der Waals surface area (Å²) in [6.07, 6.45) is 0. The third-order valence-corrected chi connectivity index (χ3v) is 4.25. The Kier molecular flexibility index (Phi) is 3.62. The monoisotopic (exact) mass is 293 g/mol. The Morgan fingerprint density at radius 1 is 1.40 bits per heavy atom. The Bertz CT molecular complexity index is 456. The lowest BCUT2D eigenvalue weighted by molar-refractivity contribution is 0.474. The van der Waals surface area contributed by atoms with Crippen molar-refractivity contribution in [1.82, 2.24) is 0 Å². The fraction of sp³-hybridized carbons (Fsp3) is 0.333. The Morgan fingerprint density at radius 3 is 2.53 bits per heavy atom. The highest BCUT2D eigenvalue weighted by atomic mass is 79.9. The number of hydrogen-bond donors (Lipinski definition) is 2. The number of aromatic hydroxyl groups is 1. The van der Waals surface area contributed by atoms with Gasteiger partial charge >= 0.3 is 0 Å². The summed E-state index contributed by atoms with van der Waals surface area (Å²) in [5.74, 6) is -0.110. The minimum absolute atomic E-state index is 0.110. The van der Waals surface area contributed by atoms with Crippen LogP contribution in [0.5, 0.6) is 5.75 Å². The molecule has 0 atom stereocenters. The summed E-state index contributed by atoms with van der Waals surface area (Å²) in [6, 6.07) is 4.77. The van der Waals surface area contributed by atoms with E-state index in [4.69, 9.17) is 0 Å². The maximum atomic E-state index is 11.5. The lowest BCUT2D eigenvalue weighted by Crippen LogP contribution is -2.22. The predicted molar refractivity (Wildman–Crippen MR) is 63.5 cm³/mol. The van der Waals surface area contributed by atoms with E-state index in [-0.39, 0.29) is 11.4 Å². The Labute approximate surface area is 97.5 Å². The minimum Gasteiger partial charge on any atom is -0.505 e. The number of para-hydroxylation sites is 1. The van der Waals surface area contributed by atoms with Crippen molar-refractivity contribution in [1.29, 1.82) is 0 Å². The average Bonchev–Trinajstić information content (AvgIpc) is 2.12. The molecule has 0 bridgehead atoms. The number of benzene rings is 1. The summed E-state index contributed by atoms with van der Waals surface area (Å²) >= 11 is 3.11. The van der Waals surface area contributed by atoms with Crippen molar-refractivity contribution < 1.29 is 13.5 Å². The lowest BCUT2D eigenvalue weighted by atomic mass is 10.3. The van der Waals surface area contributed by atoms with Crippen LogP contribution in [-0.4, -0.2) is 18.8 Å². The summed E-state index contributed by atoms with van der Waals surface area (Å²) < 4.78 is 25.8. The number of rotatable bonds is 3. The average molecular weight is 294 g/mol. The largest absolute Gasteiger partial charge is 0.505 e. The first-order valence-electron chi connectivity index (χ1n) is 4.33. The van der Waals surface area contributed by atoms with Gasteiger partial charge in [-0.2, -0.15) is 0 Å². The van der Waals surface area contributed by atoms with Gasteiger partial charge in [-0.25, -0.2) is 8.42 Å². The first-order valence-corrected chi connectivity index (χ1v) is 6.67. The molecule has 0 heterocycles. The van der Waals surface area contributed by atoms with E-state index >= 15 is 0 Å². The van der Waals surface area contributed by atoms with Crippen LogP contribution < -0.4 is 4.72 Å². The summed E-state index contributed by atoms with van der Waals surface area (Å²) in [7, 11) is -3.42. The second-order valence-corrected chi connectivity index (χ2v) is 6.42. The van der Waals surface area contributed by atoms with E-state index in [1.807, 2.05) is 0 Å². The number of nitrogens with one attached hydrogen (secondary N) is 1. The molecule has 15 heavy (non-hydrogen) atoms. The fourth-order valence-electron chi connectivity index (χ4n) is 0.869. The van der Waals surface area contributed by atoms with Gasteiger partial charge in [0.05, 0.1) is 15.4 Å². The van der Waals surface area contributed by atoms with Crippen LogP contribution in [0.4, 0.5) is 5.69 Å². The van der Waals surface area contributed by atoms with Crippen LogP contribution in [-0.2, 0) is 10.0 Å². The van der Waals surface area contributed by atoms with Crippen LogP contribution in [0.1, 0.15) is 13.8 Å². The molecule has 0 fully saturated rings. The second kappa shape index (κ2) is 4.40. The van der Waals surface area contributed by atoms with Gasteiger partial charge in [-0.05, 0) is 41.9 Å². The highest BCUT2D eigenvalue weighted by Gasteiger charge is 2.17. The van der Waals surface area contributed by atoms with Gasteiger partial charge < -0.3 is 5.11 Å². The van der Waals surface area contributed by atoms with E-state index in [1.54, 1.807) is 26.0 Å². The fourth-order valence-corrected chi connectivity index (χ4v) is 1.94. The Morgan fingerprint density at radius 2 is 2.00 bits per heavy atom. The van der Waals surface area contributed by atoms with Crippen LogP contribution in [0.25, 0.3) is 0 Å². The molecule has 0 saturated heterocycles. The number of hydrogen-bond acceptors (Lipinski definition) is 3. The number of halogens is 1. The van der Waals surface area contributed by atoms with Gasteiger partial charge in [-0.3, -0.25) is 4.72 Å². The topological polar surface area (TPSA) is 66.4 Å². The maximum absolute atomic E-state index is 11.5. The van der Waals surface area contributed by atoms with Gasteiger partial charge in [0.2, 0.25) is 10.0 Å². The van der Waals surface area contributed by atoms with Crippen molar-refractivity contribution in [3.63, 3.8) is 0 Å². The minimum atomic E-state index is -3.42. The lowest BCUT2D eigenvalue weighted by Gasteiger charge is -2.12. The molecule has 0 spiro atoms. The molecular formula is C9H12BrNO3S. The smallest absolute Gasteiger partial charge is 0.235 e. The van der Waals surface area contributed by atoms with Crippen molar-refractivity contribution in [2.75, 3.05) is 4.72 Å². The zero-order valence-electron chi connectivity index (χ0n) is 8.36. The molecule has 0 radical (unpaired) electrons. The highest BCUT2D eigenvalue weighted by molar-refractivity contribution is 9.10. The van der Waals surface area contributed by atoms with Crippen LogP contribution in [0.2, 0.25) is 0 Å². The van der Waals surface area contributed by atoms with Crippen molar-refractivity contribution in [3.8, 4) is 5.75 Å². The molecular weight excluding hydrogens is 282 g/mol. The van der Waals surface area contributed by atoms with E-state index in [1.165, 1.54) is 6.07 Å². The van der Waals surface area contributed by atoms with Gasteiger partial charge in [0.15, 0.2) is 5.75 Å². The first kappa shape index (κ1) is 12.3. The van der Waals surface area contributed by atoms with Gasteiger partial charge in [-0.1, -0.05) is 6.07 Å². The molecule has 0 saturated carbocycles. The summed E-state index contributed by atoms with van der Waals surface area (Å²) in [5.41, 5.74) is 0.179. The first-order chi connectivity index (χ1) is 6.84. The van der Waals surface area contributed by atoms with Crippen LogP contribution in [0.15, 0.2) is 22.7 Å². The highest BCUT2D eigenvalue weighted by Crippen LogP contribution is 2.32. The maximum Gasteiger partial charge on any atom is 0.235 e. The molecule has 84 valence electrons. The molecule has 0 unspecified atom stereocenters. The SMILES string of the molecule is CC(C)S(=O)(=O)Nc1cccc(Br)c1O. The molecule has 1 aromatic rings. The number of anilines is 1. The predicted octanol–water partition coefficient (Wildman–Crippen LogP) is 2.30. The number of sulfonamides is 1. The van der Waals surface area contributed by atoms with Gasteiger partial charge in [0.25, 0.3) is 0 Å². The van der Waals surface area contributed by atoms with Gasteiger partial charge in [0, 0.05) is 0 Å². The molecule has 6 heteroatoms. The summed E-state index contributed by atoms with van der Waals surface area (Å²) in [6.45, 7) is 3.13. The molecule has 1 rings (SSSR count). The van der Waals surface area contributed by atoms with E-state index < -0.39 is 15.3 Å². The zero-order chi connectivity index (χ0) is 11.6. The van der Waals surface area contributed by atoms with Crippen molar-refractivity contribution in [3.05, 3.63) is 22.7 Å². The Balaban J connectivity index is 3.06. The second-order valence-electron chi connectivity index (χ2n) is 3.33. The van der Waals surface area contributed by atoms with E-state index in [0.717, 1.165) is 0 Å². The third kappa shape index (κ3) is 2.85. The molecule has 4 nitrogen and oxygen atoms in total. The van der Waals surface area contributed by atoms with E-state index in [2.05, 4.69) is 20.7 Å². The number of phenols is 1. The molecule has 0 aliphatic heterocycles.